The standard InChI is InChI=1S/C14H23N3O/c1-4-5-10-15-14(18)11-16-12-8-6-7-9-13(12)17(2)3/h6-9,16H,4-5,10-11H2,1-3H3,(H,15,18). The average Bonchev–Trinajstić information content (AvgIpc) is 2.37. The van der Waals surface area contributed by atoms with E-state index in [-0.39, 0.29) is 5.91 Å². The fourth-order valence-corrected chi connectivity index (χ4v) is 1.66. The van der Waals surface area contributed by atoms with Gasteiger partial charge in [0.2, 0.25) is 5.91 Å². The van der Waals surface area contributed by atoms with Gasteiger partial charge in [0, 0.05) is 20.6 Å². The SMILES string of the molecule is CCCCNC(=O)CNc1ccccc1N(C)C. The van der Waals surface area contributed by atoms with Crippen LogP contribution < -0.4 is 15.5 Å². The number of unbranched alkanes of at least 4 members (excludes halogenated alkanes) is 1. The number of amides is 1. The van der Waals surface area contributed by atoms with E-state index in [0.29, 0.717) is 6.54 Å². The van der Waals surface area contributed by atoms with Gasteiger partial charge < -0.3 is 15.5 Å². The van der Waals surface area contributed by atoms with E-state index in [1.807, 2.05) is 43.3 Å². The molecule has 0 aromatic heterocycles. The number of rotatable bonds is 7. The molecule has 0 aliphatic carbocycles. The molecule has 0 radical (unpaired) electrons. The molecule has 18 heavy (non-hydrogen) atoms. The predicted molar refractivity (Wildman–Crippen MR) is 77.2 cm³/mol. The van der Waals surface area contributed by atoms with Crippen molar-refractivity contribution in [2.75, 3.05) is 37.4 Å². The molecule has 0 atom stereocenters. The topological polar surface area (TPSA) is 44.4 Å². The summed E-state index contributed by atoms with van der Waals surface area (Å²) in [5.74, 6) is 0.0389. The van der Waals surface area contributed by atoms with Crippen molar-refractivity contribution in [2.24, 2.45) is 0 Å². The first-order valence-corrected chi connectivity index (χ1v) is 6.42. The molecule has 4 heteroatoms. The molecule has 0 aliphatic rings. The number of carbonyl (C=O) groups excluding carboxylic acids is 1. The Bertz CT molecular complexity index is 377. The van der Waals surface area contributed by atoms with E-state index in [1.54, 1.807) is 0 Å². The highest BCUT2D eigenvalue weighted by Gasteiger charge is 2.05. The van der Waals surface area contributed by atoms with Crippen molar-refractivity contribution in [3.8, 4) is 0 Å². The highest BCUT2D eigenvalue weighted by atomic mass is 16.1. The first kappa shape index (κ1) is 14.4. The minimum Gasteiger partial charge on any atom is -0.376 e. The first-order valence-electron chi connectivity index (χ1n) is 6.42. The Morgan fingerprint density at radius 2 is 2.00 bits per heavy atom. The number of para-hydroxylation sites is 2. The number of hydrogen-bond acceptors (Lipinski definition) is 3. The van der Waals surface area contributed by atoms with Crippen molar-refractivity contribution >= 4 is 17.3 Å². The second-order valence-electron chi connectivity index (χ2n) is 4.47. The molecule has 1 aromatic rings. The first-order chi connectivity index (χ1) is 8.65. The van der Waals surface area contributed by atoms with Crippen LogP contribution in [-0.2, 0) is 4.79 Å². The number of hydrogen-bond donors (Lipinski definition) is 2. The number of nitrogens with one attached hydrogen (secondary N) is 2. The molecule has 0 saturated carbocycles. The highest BCUT2D eigenvalue weighted by Crippen LogP contribution is 2.22. The summed E-state index contributed by atoms with van der Waals surface area (Å²) in [5, 5.41) is 6.06. The number of benzene rings is 1. The van der Waals surface area contributed by atoms with Crippen molar-refractivity contribution in [1.82, 2.24) is 5.32 Å². The Balaban J connectivity index is 2.45. The van der Waals surface area contributed by atoms with Gasteiger partial charge in [0.05, 0.1) is 17.9 Å². The summed E-state index contributed by atoms with van der Waals surface area (Å²) >= 11 is 0. The van der Waals surface area contributed by atoms with E-state index in [2.05, 4.69) is 17.6 Å². The molecule has 1 amide bonds. The van der Waals surface area contributed by atoms with Crippen molar-refractivity contribution < 1.29 is 4.79 Å². The molecule has 2 N–H and O–H groups in total. The van der Waals surface area contributed by atoms with Crippen LogP contribution in [0, 0.1) is 0 Å². The van der Waals surface area contributed by atoms with E-state index in [4.69, 9.17) is 0 Å². The molecule has 0 saturated heterocycles. The summed E-state index contributed by atoms with van der Waals surface area (Å²) in [6.45, 7) is 3.18. The summed E-state index contributed by atoms with van der Waals surface area (Å²) in [6, 6.07) is 7.96. The average molecular weight is 249 g/mol. The molecule has 1 aromatic carbocycles. The smallest absolute Gasteiger partial charge is 0.239 e. The second-order valence-corrected chi connectivity index (χ2v) is 4.47. The van der Waals surface area contributed by atoms with Crippen LogP contribution in [0.25, 0.3) is 0 Å². The van der Waals surface area contributed by atoms with Gasteiger partial charge in [-0.25, -0.2) is 0 Å². The van der Waals surface area contributed by atoms with Gasteiger partial charge in [-0.3, -0.25) is 4.79 Å². The van der Waals surface area contributed by atoms with Gasteiger partial charge in [-0.05, 0) is 18.6 Å². The zero-order valence-electron chi connectivity index (χ0n) is 11.5. The van der Waals surface area contributed by atoms with E-state index in [0.717, 1.165) is 30.8 Å². The third-order valence-corrected chi connectivity index (χ3v) is 2.68. The lowest BCUT2D eigenvalue weighted by atomic mass is 10.2. The third-order valence-electron chi connectivity index (χ3n) is 2.68. The molecule has 100 valence electrons. The number of anilines is 2. The van der Waals surface area contributed by atoms with Gasteiger partial charge in [-0.1, -0.05) is 25.5 Å². The minimum atomic E-state index is 0.0389. The lowest BCUT2D eigenvalue weighted by Gasteiger charge is -2.18. The lowest BCUT2D eigenvalue weighted by molar-refractivity contribution is -0.119. The van der Waals surface area contributed by atoms with Crippen LogP contribution in [0.1, 0.15) is 19.8 Å². The highest BCUT2D eigenvalue weighted by molar-refractivity contribution is 5.82. The van der Waals surface area contributed by atoms with Gasteiger partial charge >= 0.3 is 0 Å². The van der Waals surface area contributed by atoms with E-state index in [1.165, 1.54) is 0 Å². The van der Waals surface area contributed by atoms with Crippen LogP contribution in [0.15, 0.2) is 24.3 Å². The van der Waals surface area contributed by atoms with Crippen molar-refractivity contribution in [1.29, 1.82) is 0 Å². The third kappa shape index (κ3) is 4.65. The Morgan fingerprint density at radius 1 is 1.28 bits per heavy atom. The molecule has 0 aliphatic heterocycles. The fraction of sp³-hybridized carbons (Fsp3) is 0.500. The van der Waals surface area contributed by atoms with Gasteiger partial charge in [0.15, 0.2) is 0 Å². The normalized spacial score (nSPS) is 9.94. The molecule has 0 spiro atoms. The summed E-state index contributed by atoms with van der Waals surface area (Å²) in [7, 11) is 3.98. The summed E-state index contributed by atoms with van der Waals surface area (Å²) in [6.07, 6.45) is 2.12. The van der Waals surface area contributed by atoms with Crippen LogP contribution in [-0.4, -0.2) is 33.1 Å². The quantitative estimate of drug-likeness (QED) is 0.727. The molecule has 0 heterocycles. The molecule has 0 fully saturated rings. The largest absolute Gasteiger partial charge is 0.376 e. The minimum absolute atomic E-state index is 0.0389. The monoisotopic (exact) mass is 249 g/mol. The summed E-state index contributed by atoms with van der Waals surface area (Å²) in [4.78, 5) is 13.6. The van der Waals surface area contributed by atoms with Crippen LogP contribution >= 0.6 is 0 Å². The summed E-state index contributed by atoms with van der Waals surface area (Å²) in [5.41, 5.74) is 2.06. The van der Waals surface area contributed by atoms with Gasteiger partial charge in [-0.2, -0.15) is 0 Å². The number of nitrogens with zero attached hydrogens (tertiary/aromatic N) is 1. The van der Waals surface area contributed by atoms with Gasteiger partial charge in [0.25, 0.3) is 0 Å². The molecule has 1 rings (SSSR count). The maximum absolute atomic E-state index is 11.6. The van der Waals surface area contributed by atoms with Crippen molar-refractivity contribution in [3.63, 3.8) is 0 Å². The van der Waals surface area contributed by atoms with Crippen LogP contribution in [0.2, 0.25) is 0 Å². The lowest BCUT2D eigenvalue weighted by Crippen LogP contribution is -2.30. The molecular weight excluding hydrogens is 226 g/mol. The van der Waals surface area contributed by atoms with Gasteiger partial charge in [0.1, 0.15) is 0 Å². The van der Waals surface area contributed by atoms with Crippen LogP contribution in [0.4, 0.5) is 11.4 Å². The van der Waals surface area contributed by atoms with Crippen LogP contribution in [0.5, 0.6) is 0 Å². The maximum atomic E-state index is 11.6. The molecule has 0 unspecified atom stereocenters. The van der Waals surface area contributed by atoms with Crippen LogP contribution in [0.3, 0.4) is 0 Å². The van der Waals surface area contributed by atoms with Crippen molar-refractivity contribution in [2.45, 2.75) is 19.8 Å². The fourth-order valence-electron chi connectivity index (χ4n) is 1.66. The Labute approximate surface area is 109 Å². The maximum Gasteiger partial charge on any atom is 0.239 e. The van der Waals surface area contributed by atoms with Crippen molar-refractivity contribution in [3.05, 3.63) is 24.3 Å². The predicted octanol–water partition coefficient (Wildman–Crippen LogP) is 2.08. The molecule has 4 nitrogen and oxygen atoms in total. The van der Waals surface area contributed by atoms with E-state index >= 15 is 0 Å². The molecular formula is C14H23N3O. The second kappa shape index (κ2) is 7.58. The van der Waals surface area contributed by atoms with E-state index < -0.39 is 0 Å². The van der Waals surface area contributed by atoms with E-state index in [9.17, 15) is 4.79 Å². The Morgan fingerprint density at radius 3 is 2.67 bits per heavy atom. The zero-order chi connectivity index (χ0) is 13.4. The Hall–Kier alpha value is -1.71. The Kier molecular flexibility index (Phi) is 6.05. The molecule has 0 bridgehead atoms. The van der Waals surface area contributed by atoms with Gasteiger partial charge in [-0.15, -0.1) is 0 Å². The summed E-state index contributed by atoms with van der Waals surface area (Å²) < 4.78 is 0. The number of carbonyl (C=O) groups is 1. The zero-order valence-corrected chi connectivity index (χ0v) is 11.5.